The minimum atomic E-state index is 0.751. The highest BCUT2D eigenvalue weighted by Crippen LogP contribution is 2.24. The molecule has 0 bridgehead atoms. The fraction of sp³-hybridized carbons (Fsp3) is 0.600. The maximum atomic E-state index is 3.67. The largest absolute Gasteiger partial charge is 0.310 e. The number of rotatable bonds is 4. The van der Waals surface area contributed by atoms with Crippen molar-refractivity contribution in [2.75, 3.05) is 0 Å². The van der Waals surface area contributed by atoms with Crippen molar-refractivity contribution in [2.45, 2.75) is 52.1 Å². The lowest BCUT2D eigenvalue weighted by molar-refractivity contribution is 0.502. The van der Waals surface area contributed by atoms with Gasteiger partial charge < -0.3 is 5.32 Å². The Labute approximate surface area is 99.3 Å². The van der Waals surface area contributed by atoms with Crippen LogP contribution in [0, 0.1) is 5.92 Å². The molecule has 1 fully saturated rings. The molecule has 1 nitrogen and oxygen atoms in total. The molecule has 1 aromatic rings. The lowest BCUT2D eigenvalue weighted by Crippen LogP contribution is -2.25. The zero-order valence-corrected chi connectivity index (χ0v) is 10.5. The predicted octanol–water partition coefficient (Wildman–Crippen LogP) is 3.53. The molecule has 1 heteroatoms. The van der Waals surface area contributed by atoms with Crippen molar-refractivity contribution in [3.05, 3.63) is 35.4 Å². The molecule has 1 aromatic carbocycles. The first-order valence-electron chi connectivity index (χ1n) is 6.59. The Morgan fingerprint density at radius 3 is 2.38 bits per heavy atom. The van der Waals surface area contributed by atoms with Gasteiger partial charge in [0.1, 0.15) is 0 Å². The number of hydrogen-bond donors (Lipinski definition) is 1. The van der Waals surface area contributed by atoms with Crippen molar-refractivity contribution in [3.63, 3.8) is 0 Å². The van der Waals surface area contributed by atoms with E-state index in [0.29, 0.717) is 0 Å². The van der Waals surface area contributed by atoms with Crippen LogP contribution >= 0.6 is 0 Å². The van der Waals surface area contributed by atoms with Crippen molar-refractivity contribution >= 4 is 0 Å². The molecule has 1 N–H and O–H groups in total. The molecule has 16 heavy (non-hydrogen) atoms. The van der Waals surface area contributed by atoms with Crippen LogP contribution in [0.3, 0.4) is 0 Å². The Morgan fingerprint density at radius 1 is 1.12 bits per heavy atom. The van der Waals surface area contributed by atoms with E-state index in [1.165, 1.54) is 30.4 Å². The fourth-order valence-corrected chi connectivity index (χ4v) is 2.55. The molecular weight excluding hydrogens is 194 g/mol. The third-order valence-corrected chi connectivity index (χ3v) is 3.72. The molecule has 2 unspecified atom stereocenters. The quantitative estimate of drug-likeness (QED) is 0.813. The highest BCUT2D eigenvalue weighted by molar-refractivity contribution is 5.22. The van der Waals surface area contributed by atoms with E-state index in [1.807, 2.05) is 0 Å². The third-order valence-electron chi connectivity index (χ3n) is 3.72. The molecule has 0 aromatic heterocycles. The van der Waals surface area contributed by atoms with E-state index in [-0.39, 0.29) is 0 Å². The first-order chi connectivity index (χ1) is 7.78. The molecule has 2 rings (SSSR count). The number of benzene rings is 1. The molecule has 88 valence electrons. The maximum absolute atomic E-state index is 3.67. The van der Waals surface area contributed by atoms with Crippen LogP contribution in [0.1, 0.15) is 44.2 Å². The second-order valence-electron chi connectivity index (χ2n) is 5.17. The van der Waals surface area contributed by atoms with Crippen LogP contribution in [0.4, 0.5) is 0 Å². The average molecular weight is 217 g/mol. The molecule has 0 heterocycles. The van der Waals surface area contributed by atoms with Gasteiger partial charge in [0, 0.05) is 12.6 Å². The summed E-state index contributed by atoms with van der Waals surface area (Å²) < 4.78 is 0. The number of hydrogen-bond acceptors (Lipinski definition) is 1. The highest BCUT2D eigenvalue weighted by Gasteiger charge is 2.20. The fourth-order valence-electron chi connectivity index (χ4n) is 2.55. The van der Waals surface area contributed by atoms with Crippen LogP contribution in [-0.4, -0.2) is 6.04 Å². The lowest BCUT2D eigenvalue weighted by atomic mass is 10.1. The monoisotopic (exact) mass is 217 g/mol. The van der Waals surface area contributed by atoms with E-state index in [0.717, 1.165) is 24.9 Å². The Kier molecular flexibility index (Phi) is 4.00. The molecular formula is C15H23N. The molecule has 1 saturated carbocycles. The highest BCUT2D eigenvalue weighted by atomic mass is 14.9. The Bertz CT molecular complexity index is 315. The molecule has 2 atom stereocenters. The molecule has 1 aliphatic rings. The van der Waals surface area contributed by atoms with Gasteiger partial charge in [-0.2, -0.15) is 0 Å². The van der Waals surface area contributed by atoms with Crippen molar-refractivity contribution < 1.29 is 0 Å². The molecule has 0 radical (unpaired) electrons. The molecule has 0 saturated heterocycles. The predicted molar refractivity (Wildman–Crippen MR) is 69.5 cm³/mol. The van der Waals surface area contributed by atoms with Gasteiger partial charge in [-0.15, -0.1) is 0 Å². The summed E-state index contributed by atoms with van der Waals surface area (Å²) in [6.07, 6.45) is 5.24. The molecule has 0 spiro atoms. The van der Waals surface area contributed by atoms with Crippen molar-refractivity contribution in [2.24, 2.45) is 5.92 Å². The standard InChI is InChI=1S/C15H23N/c1-3-13-5-7-14(8-6-13)11-16-15-9-4-12(2)10-15/h5-8,12,15-16H,3-4,9-11H2,1-2H3. The Balaban J connectivity index is 1.80. The summed E-state index contributed by atoms with van der Waals surface area (Å²) in [4.78, 5) is 0. The minimum Gasteiger partial charge on any atom is -0.310 e. The summed E-state index contributed by atoms with van der Waals surface area (Å²) in [5, 5.41) is 3.67. The summed E-state index contributed by atoms with van der Waals surface area (Å²) in [5.41, 5.74) is 2.84. The van der Waals surface area contributed by atoms with Crippen LogP contribution in [-0.2, 0) is 13.0 Å². The Hall–Kier alpha value is -0.820. The van der Waals surface area contributed by atoms with E-state index in [2.05, 4.69) is 43.4 Å². The summed E-state index contributed by atoms with van der Waals surface area (Å²) in [7, 11) is 0. The van der Waals surface area contributed by atoms with Gasteiger partial charge in [-0.1, -0.05) is 38.1 Å². The molecule has 1 aliphatic carbocycles. The van der Waals surface area contributed by atoms with Gasteiger partial charge >= 0.3 is 0 Å². The van der Waals surface area contributed by atoms with Gasteiger partial charge in [0.25, 0.3) is 0 Å². The van der Waals surface area contributed by atoms with E-state index in [4.69, 9.17) is 0 Å². The van der Waals surface area contributed by atoms with Crippen molar-refractivity contribution in [1.82, 2.24) is 5.32 Å². The smallest absolute Gasteiger partial charge is 0.0208 e. The summed E-state index contributed by atoms with van der Waals surface area (Å²) in [6, 6.07) is 9.75. The third kappa shape index (κ3) is 3.08. The van der Waals surface area contributed by atoms with E-state index < -0.39 is 0 Å². The summed E-state index contributed by atoms with van der Waals surface area (Å²) >= 11 is 0. The van der Waals surface area contributed by atoms with Crippen LogP contribution < -0.4 is 5.32 Å². The van der Waals surface area contributed by atoms with Crippen LogP contribution in [0.15, 0.2) is 24.3 Å². The van der Waals surface area contributed by atoms with Crippen LogP contribution in [0.5, 0.6) is 0 Å². The topological polar surface area (TPSA) is 12.0 Å². The van der Waals surface area contributed by atoms with Crippen molar-refractivity contribution in [1.29, 1.82) is 0 Å². The molecule has 0 amide bonds. The van der Waals surface area contributed by atoms with E-state index in [9.17, 15) is 0 Å². The molecule has 0 aliphatic heterocycles. The van der Waals surface area contributed by atoms with Gasteiger partial charge in [-0.05, 0) is 42.7 Å². The minimum absolute atomic E-state index is 0.751. The normalized spacial score (nSPS) is 24.9. The zero-order chi connectivity index (χ0) is 11.4. The number of aryl methyl sites for hydroxylation is 1. The van der Waals surface area contributed by atoms with Crippen molar-refractivity contribution in [3.8, 4) is 0 Å². The van der Waals surface area contributed by atoms with Crippen LogP contribution in [0.2, 0.25) is 0 Å². The summed E-state index contributed by atoms with van der Waals surface area (Å²) in [5.74, 6) is 0.917. The average Bonchev–Trinajstić information content (AvgIpc) is 2.73. The zero-order valence-electron chi connectivity index (χ0n) is 10.5. The number of nitrogens with one attached hydrogen (secondary N) is 1. The van der Waals surface area contributed by atoms with Gasteiger partial charge in [0.05, 0.1) is 0 Å². The maximum Gasteiger partial charge on any atom is 0.0208 e. The van der Waals surface area contributed by atoms with Gasteiger partial charge in [0.2, 0.25) is 0 Å². The summed E-state index contributed by atoms with van der Waals surface area (Å²) in [6.45, 7) is 5.59. The lowest BCUT2D eigenvalue weighted by Gasteiger charge is -2.12. The second kappa shape index (κ2) is 5.49. The first-order valence-corrected chi connectivity index (χ1v) is 6.59. The first kappa shape index (κ1) is 11.7. The van der Waals surface area contributed by atoms with Gasteiger partial charge in [0.15, 0.2) is 0 Å². The van der Waals surface area contributed by atoms with E-state index in [1.54, 1.807) is 0 Å². The second-order valence-corrected chi connectivity index (χ2v) is 5.17. The van der Waals surface area contributed by atoms with Gasteiger partial charge in [-0.25, -0.2) is 0 Å². The Morgan fingerprint density at radius 2 is 1.81 bits per heavy atom. The SMILES string of the molecule is CCc1ccc(CNC2CCC(C)C2)cc1. The van der Waals surface area contributed by atoms with Gasteiger partial charge in [-0.3, -0.25) is 0 Å². The van der Waals surface area contributed by atoms with E-state index >= 15 is 0 Å². The van der Waals surface area contributed by atoms with Crippen LogP contribution in [0.25, 0.3) is 0 Å².